The van der Waals surface area contributed by atoms with Crippen LogP contribution in [0.3, 0.4) is 0 Å². The first-order valence-corrected chi connectivity index (χ1v) is 8.25. The van der Waals surface area contributed by atoms with E-state index in [1.807, 2.05) is 6.92 Å². The zero-order valence-corrected chi connectivity index (χ0v) is 12.7. The third kappa shape index (κ3) is 4.34. The summed E-state index contributed by atoms with van der Waals surface area (Å²) in [5.41, 5.74) is 0. The summed E-state index contributed by atoms with van der Waals surface area (Å²) in [6, 6.07) is 4.38. The summed E-state index contributed by atoms with van der Waals surface area (Å²) in [6.45, 7) is 3.17. The van der Waals surface area contributed by atoms with E-state index in [1.54, 1.807) is 0 Å². The Balaban J connectivity index is 2.25. The molecule has 9 heteroatoms. The van der Waals surface area contributed by atoms with Crippen LogP contribution < -0.4 is 14.8 Å². The van der Waals surface area contributed by atoms with Gasteiger partial charge in [-0.05, 0) is 37.6 Å². The average Bonchev–Trinajstić information content (AvgIpc) is 2.40. The van der Waals surface area contributed by atoms with Crippen LogP contribution in [0.25, 0.3) is 0 Å². The summed E-state index contributed by atoms with van der Waals surface area (Å²) in [7, 11) is -4.10. The molecule has 1 aliphatic heterocycles. The van der Waals surface area contributed by atoms with Crippen molar-refractivity contribution in [1.82, 2.24) is 10.0 Å². The van der Waals surface area contributed by atoms with Gasteiger partial charge in [-0.15, -0.1) is 13.2 Å². The SMILES string of the molecule is CC1CNCCC1NS(=O)(=O)c1ccccc1OC(F)(F)F. The zero-order chi connectivity index (χ0) is 16.4. The molecule has 1 aliphatic rings. The quantitative estimate of drug-likeness (QED) is 0.879. The maximum Gasteiger partial charge on any atom is 0.573 e. The second kappa shape index (κ2) is 6.43. The average molecular weight is 338 g/mol. The van der Waals surface area contributed by atoms with Crippen LogP contribution in [0.5, 0.6) is 5.75 Å². The first kappa shape index (κ1) is 17.0. The summed E-state index contributed by atoms with van der Waals surface area (Å²) in [4.78, 5) is -0.516. The molecule has 0 saturated carbocycles. The van der Waals surface area contributed by atoms with Crippen LogP contribution in [0.15, 0.2) is 29.2 Å². The molecule has 1 aromatic rings. The van der Waals surface area contributed by atoms with Crippen molar-refractivity contribution in [3.63, 3.8) is 0 Å². The monoisotopic (exact) mass is 338 g/mol. The topological polar surface area (TPSA) is 67.4 Å². The summed E-state index contributed by atoms with van der Waals surface area (Å²) in [5.74, 6) is -0.691. The van der Waals surface area contributed by atoms with Gasteiger partial charge in [0.2, 0.25) is 10.0 Å². The van der Waals surface area contributed by atoms with Crippen LogP contribution in [0.1, 0.15) is 13.3 Å². The molecular formula is C13H17F3N2O3S. The van der Waals surface area contributed by atoms with Crippen molar-refractivity contribution in [1.29, 1.82) is 0 Å². The third-order valence-corrected chi connectivity index (χ3v) is 4.99. The number of benzene rings is 1. The molecule has 5 nitrogen and oxygen atoms in total. The molecule has 2 N–H and O–H groups in total. The smallest absolute Gasteiger partial charge is 0.404 e. The lowest BCUT2D eigenvalue weighted by atomic mass is 9.97. The Kier molecular flexibility index (Phi) is 4.98. The Morgan fingerprint density at radius 3 is 2.64 bits per heavy atom. The van der Waals surface area contributed by atoms with Gasteiger partial charge in [-0.25, -0.2) is 13.1 Å². The van der Waals surface area contributed by atoms with E-state index in [0.29, 0.717) is 19.5 Å². The number of alkyl halides is 3. The Morgan fingerprint density at radius 1 is 1.32 bits per heavy atom. The van der Waals surface area contributed by atoms with Crippen LogP contribution in [0.4, 0.5) is 13.2 Å². The normalized spacial score (nSPS) is 23.3. The number of ether oxygens (including phenoxy) is 1. The minimum absolute atomic E-state index is 0.0409. The second-order valence-corrected chi connectivity index (χ2v) is 6.87. The fourth-order valence-electron chi connectivity index (χ4n) is 2.33. The lowest BCUT2D eigenvalue weighted by molar-refractivity contribution is -0.275. The number of hydrogen-bond acceptors (Lipinski definition) is 4. The largest absolute Gasteiger partial charge is 0.573 e. The van der Waals surface area contributed by atoms with Crippen LogP contribution in [-0.4, -0.2) is 33.9 Å². The molecule has 0 aliphatic carbocycles. The summed E-state index contributed by atoms with van der Waals surface area (Å²) in [6.07, 6.45) is -4.38. The Morgan fingerprint density at radius 2 is 2.00 bits per heavy atom. The summed E-state index contributed by atoms with van der Waals surface area (Å²) < 4.78 is 68.2. The highest BCUT2D eigenvalue weighted by molar-refractivity contribution is 7.89. The van der Waals surface area contributed by atoms with Crippen molar-refractivity contribution in [2.75, 3.05) is 13.1 Å². The standard InChI is InChI=1S/C13H17F3N2O3S/c1-9-8-17-7-6-10(9)18-22(19,20)12-5-3-2-4-11(12)21-13(14,15)16/h2-5,9-10,17-18H,6-8H2,1H3. The molecule has 0 aromatic heterocycles. The van der Waals surface area contributed by atoms with Crippen LogP contribution >= 0.6 is 0 Å². The maximum atomic E-state index is 12.4. The van der Waals surface area contributed by atoms with Gasteiger partial charge in [-0.3, -0.25) is 0 Å². The Labute approximate surface area is 126 Å². The predicted molar refractivity (Wildman–Crippen MR) is 73.9 cm³/mol. The van der Waals surface area contributed by atoms with Crippen molar-refractivity contribution in [2.45, 2.75) is 30.6 Å². The van der Waals surface area contributed by atoms with Gasteiger partial charge in [0.15, 0.2) is 0 Å². The number of nitrogens with one attached hydrogen (secondary N) is 2. The van der Waals surface area contributed by atoms with E-state index in [2.05, 4.69) is 14.8 Å². The predicted octanol–water partition coefficient (Wildman–Crippen LogP) is 1.86. The molecule has 0 radical (unpaired) electrons. The van der Waals surface area contributed by atoms with E-state index in [-0.39, 0.29) is 12.0 Å². The second-order valence-electron chi connectivity index (χ2n) is 5.19. The molecule has 1 fully saturated rings. The maximum absolute atomic E-state index is 12.4. The molecule has 2 rings (SSSR count). The minimum atomic E-state index is -4.95. The number of halogens is 3. The molecule has 22 heavy (non-hydrogen) atoms. The van der Waals surface area contributed by atoms with E-state index < -0.39 is 27.0 Å². The molecule has 2 unspecified atom stereocenters. The van der Waals surface area contributed by atoms with Gasteiger partial charge in [0.25, 0.3) is 0 Å². The number of rotatable bonds is 4. The highest BCUT2D eigenvalue weighted by Crippen LogP contribution is 2.29. The summed E-state index contributed by atoms with van der Waals surface area (Å²) >= 11 is 0. The number of para-hydroxylation sites is 1. The third-order valence-electron chi connectivity index (χ3n) is 3.46. The highest BCUT2D eigenvalue weighted by Gasteiger charge is 2.35. The molecule has 124 valence electrons. The van der Waals surface area contributed by atoms with Crippen LogP contribution in [0.2, 0.25) is 0 Å². The van der Waals surface area contributed by atoms with Crippen molar-refractivity contribution >= 4 is 10.0 Å². The lowest BCUT2D eigenvalue weighted by Crippen LogP contribution is -2.48. The van der Waals surface area contributed by atoms with Crippen molar-refractivity contribution in [2.24, 2.45) is 5.92 Å². The number of hydrogen-bond donors (Lipinski definition) is 2. The Bertz CT molecular complexity index is 619. The molecule has 1 saturated heterocycles. The van der Waals surface area contributed by atoms with Crippen molar-refractivity contribution < 1.29 is 26.3 Å². The summed E-state index contributed by atoms with van der Waals surface area (Å²) in [5, 5.41) is 3.12. The molecule has 0 bridgehead atoms. The lowest BCUT2D eigenvalue weighted by Gasteiger charge is -2.30. The zero-order valence-electron chi connectivity index (χ0n) is 11.9. The molecule has 1 aromatic carbocycles. The van der Waals surface area contributed by atoms with Gasteiger partial charge in [0.05, 0.1) is 0 Å². The first-order chi connectivity index (χ1) is 10.2. The molecule has 0 amide bonds. The van der Waals surface area contributed by atoms with Gasteiger partial charge < -0.3 is 10.1 Å². The molecular weight excluding hydrogens is 321 g/mol. The minimum Gasteiger partial charge on any atom is -0.404 e. The van der Waals surface area contributed by atoms with Gasteiger partial charge in [-0.2, -0.15) is 0 Å². The highest BCUT2D eigenvalue weighted by atomic mass is 32.2. The molecule has 1 heterocycles. The first-order valence-electron chi connectivity index (χ1n) is 6.77. The van der Waals surface area contributed by atoms with E-state index >= 15 is 0 Å². The van der Waals surface area contributed by atoms with Gasteiger partial charge in [0, 0.05) is 6.04 Å². The fraction of sp³-hybridized carbons (Fsp3) is 0.538. The Hall–Kier alpha value is -1.32. The van der Waals surface area contributed by atoms with E-state index in [4.69, 9.17) is 0 Å². The van der Waals surface area contributed by atoms with Crippen molar-refractivity contribution in [3.8, 4) is 5.75 Å². The van der Waals surface area contributed by atoms with Gasteiger partial charge >= 0.3 is 6.36 Å². The van der Waals surface area contributed by atoms with Gasteiger partial charge in [-0.1, -0.05) is 19.1 Å². The van der Waals surface area contributed by atoms with Crippen molar-refractivity contribution in [3.05, 3.63) is 24.3 Å². The number of sulfonamides is 1. The van der Waals surface area contributed by atoms with E-state index in [1.165, 1.54) is 12.1 Å². The molecule has 0 spiro atoms. The van der Waals surface area contributed by atoms with Crippen LogP contribution in [0, 0.1) is 5.92 Å². The fourth-order valence-corrected chi connectivity index (χ4v) is 3.84. The van der Waals surface area contributed by atoms with E-state index in [0.717, 1.165) is 12.1 Å². The molecule has 2 atom stereocenters. The van der Waals surface area contributed by atoms with Crippen LogP contribution in [-0.2, 0) is 10.0 Å². The van der Waals surface area contributed by atoms with Gasteiger partial charge in [0.1, 0.15) is 10.6 Å². The van der Waals surface area contributed by atoms with E-state index in [9.17, 15) is 21.6 Å². The number of piperidine rings is 1.